The van der Waals surface area contributed by atoms with Crippen molar-refractivity contribution in [2.24, 2.45) is 0 Å². The molecule has 7 nitrogen and oxygen atoms in total. The number of aromatic nitrogens is 2. The molecule has 0 radical (unpaired) electrons. The summed E-state index contributed by atoms with van der Waals surface area (Å²) in [5, 5.41) is 0. The Morgan fingerprint density at radius 3 is 2.52 bits per heavy atom. The van der Waals surface area contributed by atoms with Crippen LogP contribution >= 0.6 is 0 Å². The second kappa shape index (κ2) is 9.81. The zero-order valence-electron chi connectivity index (χ0n) is 19.1. The number of carbonyl (C=O) groups excluding carboxylic acids is 2. The van der Waals surface area contributed by atoms with Crippen LogP contribution in [0.15, 0.2) is 60.7 Å². The van der Waals surface area contributed by atoms with Crippen LogP contribution in [0.3, 0.4) is 0 Å². The highest BCUT2D eigenvalue weighted by Gasteiger charge is 2.38. The number of hydrogen-bond donors (Lipinski definition) is 1. The molecule has 0 aliphatic carbocycles. The van der Waals surface area contributed by atoms with Gasteiger partial charge >= 0.3 is 0 Å². The summed E-state index contributed by atoms with van der Waals surface area (Å²) < 4.78 is 0. The summed E-state index contributed by atoms with van der Waals surface area (Å²) in [5.74, 6) is -0.266. The number of nitrogen functional groups attached to an aromatic ring is 1. The van der Waals surface area contributed by atoms with Crippen LogP contribution in [-0.2, 0) is 11.2 Å². The molecular weight excluding hydrogens is 414 g/mol. The van der Waals surface area contributed by atoms with E-state index in [1.54, 1.807) is 17.9 Å². The van der Waals surface area contributed by atoms with Crippen LogP contribution in [0.5, 0.6) is 0 Å². The van der Waals surface area contributed by atoms with Crippen molar-refractivity contribution >= 4 is 17.8 Å². The molecule has 0 unspecified atom stereocenters. The van der Waals surface area contributed by atoms with Crippen LogP contribution in [-0.4, -0.2) is 57.3 Å². The van der Waals surface area contributed by atoms with Gasteiger partial charge in [0.25, 0.3) is 5.91 Å². The molecule has 3 aromatic rings. The first-order valence-corrected chi connectivity index (χ1v) is 11.3. The molecule has 1 fully saturated rings. The van der Waals surface area contributed by atoms with Crippen LogP contribution in [0.25, 0.3) is 11.1 Å². The van der Waals surface area contributed by atoms with Gasteiger partial charge < -0.3 is 15.5 Å². The first-order chi connectivity index (χ1) is 16.0. The van der Waals surface area contributed by atoms with Crippen LogP contribution in [0.4, 0.5) is 5.95 Å². The summed E-state index contributed by atoms with van der Waals surface area (Å²) >= 11 is 0. The van der Waals surface area contributed by atoms with Gasteiger partial charge in [0.05, 0.1) is 0 Å². The minimum absolute atomic E-state index is 0.0296. The van der Waals surface area contributed by atoms with E-state index in [9.17, 15) is 9.59 Å². The third-order valence-electron chi connectivity index (χ3n) is 5.94. The first-order valence-electron chi connectivity index (χ1n) is 11.3. The van der Waals surface area contributed by atoms with Crippen LogP contribution in [0.2, 0.25) is 0 Å². The lowest BCUT2D eigenvalue weighted by atomic mass is 9.93. The van der Waals surface area contributed by atoms with Gasteiger partial charge in [-0.25, -0.2) is 9.97 Å². The lowest BCUT2D eigenvalue weighted by molar-refractivity contribution is -0.140. The Kier molecular flexibility index (Phi) is 6.68. The van der Waals surface area contributed by atoms with Crippen molar-refractivity contribution in [2.75, 3.05) is 25.4 Å². The van der Waals surface area contributed by atoms with Gasteiger partial charge in [0.15, 0.2) is 0 Å². The molecule has 33 heavy (non-hydrogen) atoms. The fraction of sp³-hybridized carbons (Fsp3) is 0.308. The van der Waals surface area contributed by atoms with Gasteiger partial charge in [-0.2, -0.15) is 0 Å². The third-order valence-corrected chi connectivity index (χ3v) is 5.94. The first kappa shape index (κ1) is 22.5. The Labute approximate surface area is 194 Å². The number of anilines is 1. The van der Waals surface area contributed by atoms with Gasteiger partial charge in [-0.1, -0.05) is 61.5 Å². The summed E-state index contributed by atoms with van der Waals surface area (Å²) in [5.41, 5.74) is 9.80. The van der Waals surface area contributed by atoms with E-state index in [0.29, 0.717) is 31.7 Å². The maximum Gasteiger partial charge on any atom is 0.273 e. The quantitative estimate of drug-likeness (QED) is 0.631. The van der Waals surface area contributed by atoms with E-state index in [1.165, 1.54) is 0 Å². The van der Waals surface area contributed by atoms with Crippen molar-refractivity contribution in [3.63, 3.8) is 0 Å². The predicted molar refractivity (Wildman–Crippen MR) is 128 cm³/mol. The second-order valence-electron chi connectivity index (χ2n) is 8.32. The van der Waals surface area contributed by atoms with Gasteiger partial charge in [-0.3, -0.25) is 9.59 Å². The maximum absolute atomic E-state index is 13.5. The summed E-state index contributed by atoms with van der Waals surface area (Å²) in [7, 11) is 0. The molecule has 2 aromatic carbocycles. The van der Waals surface area contributed by atoms with E-state index >= 15 is 0 Å². The molecule has 0 spiro atoms. The number of hydrogen-bond acceptors (Lipinski definition) is 5. The number of piperazine rings is 1. The molecular formula is C26H29N5O2. The van der Waals surface area contributed by atoms with E-state index < -0.39 is 6.04 Å². The van der Waals surface area contributed by atoms with Crippen molar-refractivity contribution < 1.29 is 9.59 Å². The lowest BCUT2D eigenvalue weighted by Crippen LogP contribution is -2.59. The van der Waals surface area contributed by atoms with Crippen molar-refractivity contribution in [3.05, 3.63) is 77.6 Å². The number of aryl methyl sites for hydroxylation is 1. The molecule has 2 N–H and O–H groups in total. The van der Waals surface area contributed by atoms with Crippen molar-refractivity contribution in [1.82, 2.24) is 19.8 Å². The smallest absolute Gasteiger partial charge is 0.273 e. The number of benzene rings is 2. The highest BCUT2D eigenvalue weighted by atomic mass is 16.2. The number of carbonyl (C=O) groups is 2. The Hall–Kier alpha value is -3.74. The monoisotopic (exact) mass is 443 g/mol. The zero-order chi connectivity index (χ0) is 23.4. The molecule has 4 rings (SSSR count). The lowest BCUT2D eigenvalue weighted by Gasteiger charge is -2.40. The molecule has 1 aliphatic heterocycles. The third kappa shape index (κ3) is 4.87. The molecule has 7 heteroatoms. The summed E-state index contributed by atoms with van der Waals surface area (Å²) in [6, 6.07) is 19.2. The fourth-order valence-electron chi connectivity index (χ4n) is 4.43. The highest BCUT2D eigenvalue weighted by Crippen LogP contribution is 2.27. The summed E-state index contributed by atoms with van der Waals surface area (Å²) in [4.78, 5) is 38.7. The van der Waals surface area contributed by atoms with E-state index in [4.69, 9.17) is 5.73 Å². The number of rotatable bonds is 6. The average molecular weight is 444 g/mol. The maximum atomic E-state index is 13.5. The highest BCUT2D eigenvalue weighted by molar-refractivity contribution is 5.97. The Morgan fingerprint density at radius 1 is 1.06 bits per heavy atom. The van der Waals surface area contributed by atoms with E-state index in [0.717, 1.165) is 23.1 Å². The molecule has 0 bridgehead atoms. The summed E-state index contributed by atoms with van der Waals surface area (Å²) in [6.07, 6.45) is 1.30. The molecule has 1 aromatic heterocycles. The molecule has 0 saturated carbocycles. The van der Waals surface area contributed by atoms with Gasteiger partial charge in [-0.15, -0.1) is 0 Å². The van der Waals surface area contributed by atoms with E-state index in [1.807, 2.05) is 41.3 Å². The van der Waals surface area contributed by atoms with Gasteiger partial charge in [0, 0.05) is 31.7 Å². The molecule has 2 heterocycles. The van der Waals surface area contributed by atoms with Crippen molar-refractivity contribution in [3.8, 4) is 11.1 Å². The van der Waals surface area contributed by atoms with Crippen molar-refractivity contribution in [2.45, 2.75) is 32.7 Å². The molecule has 1 atom stereocenters. The van der Waals surface area contributed by atoms with Gasteiger partial charge in [0.2, 0.25) is 11.9 Å². The standard InChI is InChI=1S/C26H29N5O2/c1-3-13-30-14-15-31(24(32)22-16-18(2)28-26(27)29-22)23(25(30)33)17-20-11-7-8-12-21(20)19-9-5-4-6-10-19/h4-12,16,23H,3,13-15,17H2,1-2H3,(H2,27,28,29)/t23-/m0/s1. The molecule has 170 valence electrons. The SMILES string of the molecule is CCCN1CCN(C(=O)c2cc(C)nc(N)n2)[C@@H](Cc2ccccc2-c2ccccc2)C1=O. The predicted octanol–water partition coefficient (Wildman–Crippen LogP) is 3.34. The molecule has 1 aliphatic rings. The number of nitrogens with zero attached hydrogens (tertiary/aromatic N) is 4. The zero-order valence-corrected chi connectivity index (χ0v) is 19.1. The minimum Gasteiger partial charge on any atom is -0.368 e. The average Bonchev–Trinajstić information content (AvgIpc) is 2.82. The van der Waals surface area contributed by atoms with Crippen molar-refractivity contribution in [1.29, 1.82) is 0 Å². The van der Waals surface area contributed by atoms with E-state index in [-0.39, 0.29) is 23.5 Å². The Bertz CT molecular complexity index is 1130. The van der Waals surface area contributed by atoms with Gasteiger partial charge in [-0.05, 0) is 36.1 Å². The Morgan fingerprint density at radius 2 is 1.79 bits per heavy atom. The topological polar surface area (TPSA) is 92.4 Å². The minimum atomic E-state index is -0.612. The Balaban J connectivity index is 1.70. The number of nitrogens with two attached hydrogens (primary N) is 1. The largest absolute Gasteiger partial charge is 0.368 e. The van der Waals surface area contributed by atoms with Crippen LogP contribution < -0.4 is 5.73 Å². The van der Waals surface area contributed by atoms with Crippen LogP contribution in [0.1, 0.15) is 35.1 Å². The second-order valence-corrected chi connectivity index (χ2v) is 8.32. The fourth-order valence-corrected chi connectivity index (χ4v) is 4.43. The van der Waals surface area contributed by atoms with E-state index in [2.05, 4.69) is 35.1 Å². The van der Waals surface area contributed by atoms with Gasteiger partial charge in [0.1, 0.15) is 11.7 Å². The molecule has 1 saturated heterocycles. The van der Waals surface area contributed by atoms with Crippen LogP contribution in [0, 0.1) is 6.92 Å². The normalized spacial score (nSPS) is 16.2. The summed E-state index contributed by atoms with van der Waals surface area (Å²) in [6.45, 7) is 5.46. The number of amides is 2. The molecule has 2 amide bonds.